The summed E-state index contributed by atoms with van der Waals surface area (Å²) in [6.45, 7) is 0. The molecule has 0 atom stereocenters. The van der Waals surface area contributed by atoms with Crippen LogP contribution in [0.15, 0.2) is 34.7 Å². The zero-order valence-corrected chi connectivity index (χ0v) is 5.43. The van der Waals surface area contributed by atoms with Crippen LogP contribution >= 0.6 is 0 Å². The second-order valence-corrected chi connectivity index (χ2v) is 3.98. The smallest absolute Gasteiger partial charge is 0.0634 e. The predicted molar refractivity (Wildman–Crippen MR) is 33.8 cm³/mol. The molecule has 0 nitrogen and oxygen atoms in total. The number of fused-ring (bicyclic) bond motifs is 2. The lowest BCUT2D eigenvalue weighted by atomic mass is 10.3. The van der Waals surface area contributed by atoms with E-state index in [4.69, 9.17) is 0 Å². The van der Waals surface area contributed by atoms with Crippen molar-refractivity contribution in [1.29, 1.82) is 0 Å². The maximum absolute atomic E-state index is 2.24. The summed E-state index contributed by atoms with van der Waals surface area (Å²) in [5.74, 6) is 0. The summed E-state index contributed by atoms with van der Waals surface area (Å²) in [5.41, 5.74) is 0. The standard InChI is InChI=1S/C6H6Si/c1-2-6-4-3-5(1)7-6/h1-4H,7H2. The van der Waals surface area contributed by atoms with Gasteiger partial charge in [-0.25, -0.2) is 0 Å². The molecule has 2 bridgehead atoms. The molecule has 0 N–H and O–H groups in total. The van der Waals surface area contributed by atoms with Gasteiger partial charge in [-0.2, -0.15) is 0 Å². The Morgan fingerprint density at radius 3 is 1.71 bits per heavy atom. The molecule has 0 saturated heterocycles. The molecule has 2 aliphatic heterocycles. The van der Waals surface area contributed by atoms with Crippen molar-refractivity contribution in [1.82, 2.24) is 0 Å². The number of allylic oxidation sites excluding steroid dienone is 6. The lowest BCUT2D eigenvalue weighted by molar-refractivity contribution is 1.81. The summed E-state index contributed by atoms with van der Waals surface area (Å²) in [7, 11) is 0.114. The highest BCUT2D eigenvalue weighted by Gasteiger charge is 2.08. The quantitative estimate of drug-likeness (QED) is 0.395. The van der Waals surface area contributed by atoms with Gasteiger partial charge in [0.2, 0.25) is 0 Å². The second-order valence-electron chi connectivity index (χ2n) is 1.99. The highest BCUT2D eigenvalue weighted by atomic mass is 28.2. The van der Waals surface area contributed by atoms with Crippen molar-refractivity contribution in [3.63, 3.8) is 0 Å². The van der Waals surface area contributed by atoms with Crippen LogP contribution in [0.2, 0.25) is 0 Å². The molecule has 0 radical (unpaired) electrons. The summed E-state index contributed by atoms with van der Waals surface area (Å²) < 4.78 is 0. The topological polar surface area (TPSA) is 0 Å². The molecule has 34 valence electrons. The molecule has 0 aromatic carbocycles. The van der Waals surface area contributed by atoms with E-state index in [9.17, 15) is 0 Å². The van der Waals surface area contributed by atoms with Crippen LogP contribution in [-0.2, 0) is 0 Å². The van der Waals surface area contributed by atoms with Crippen LogP contribution < -0.4 is 0 Å². The average molecular weight is 106 g/mol. The SMILES string of the molecule is C1=CC2=CC=C1[SiH2]2. The molecule has 0 unspecified atom stereocenters. The summed E-state index contributed by atoms with van der Waals surface area (Å²) in [6.07, 6.45) is 8.95. The molecule has 2 rings (SSSR count). The zero-order chi connectivity index (χ0) is 4.69. The van der Waals surface area contributed by atoms with E-state index in [2.05, 4.69) is 24.3 Å². The Morgan fingerprint density at radius 2 is 1.57 bits per heavy atom. The predicted octanol–water partition coefficient (Wildman–Crippen LogP) is 0.506. The van der Waals surface area contributed by atoms with E-state index in [1.807, 2.05) is 0 Å². The van der Waals surface area contributed by atoms with Crippen LogP contribution in [0.1, 0.15) is 0 Å². The molecule has 2 aliphatic rings. The van der Waals surface area contributed by atoms with Crippen molar-refractivity contribution >= 4 is 9.52 Å². The van der Waals surface area contributed by atoms with Gasteiger partial charge >= 0.3 is 0 Å². The fourth-order valence-electron chi connectivity index (χ4n) is 1.01. The van der Waals surface area contributed by atoms with Crippen molar-refractivity contribution in [3.8, 4) is 0 Å². The van der Waals surface area contributed by atoms with E-state index in [0.29, 0.717) is 0 Å². The highest BCUT2D eigenvalue weighted by molar-refractivity contribution is 6.59. The largest absolute Gasteiger partial charge is 0.0875 e. The van der Waals surface area contributed by atoms with Gasteiger partial charge in [-0.05, 0) is 0 Å². The first-order valence-electron chi connectivity index (χ1n) is 2.53. The highest BCUT2D eigenvalue weighted by Crippen LogP contribution is 2.18. The molecule has 0 aliphatic carbocycles. The van der Waals surface area contributed by atoms with Gasteiger partial charge in [0.05, 0.1) is 9.52 Å². The van der Waals surface area contributed by atoms with Gasteiger partial charge < -0.3 is 0 Å². The monoisotopic (exact) mass is 106 g/mol. The first-order chi connectivity index (χ1) is 3.45. The molecule has 0 amide bonds. The molecule has 0 saturated carbocycles. The minimum absolute atomic E-state index is 0.114. The van der Waals surface area contributed by atoms with Crippen molar-refractivity contribution in [3.05, 3.63) is 34.7 Å². The summed E-state index contributed by atoms with van der Waals surface area (Å²) >= 11 is 0. The van der Waals surface area contributed by atoms with Gasteiger partial charge in [0.1, 0.15) is 0 Å². The summed E-state index contributed by atoms with van der Waals surface area (Å²) in [4.78, 5) is 0. The Hall–Kier alpha value is -0.563. The van der Waals surface area contributed by atoms with Gasteiger partial charge in [0.15, 0.2) is 0 Å². The lowest BCUT2D eigenvalue weighted by Crippen LogP contribution is -1.80. The second kappa shape index (κ2) is 0.983. The van der Waals surface area contributed by atoms with Gasteiger partial charge in [-0.1, -0.05) is 34.7 Å². The van der Waals surface area contributed by atoms with Crippen molar-refractivity contribution in [2.45, 2.75) is 0 Å². The van der Waals surface area contributed by atoms with Crippen molar-refractivity contribution in [2.75, 3.05) is 0 Å². The molecule has 0 aromatic rings. The normalized spacial score (nSPS) is 22.9. The van der Waals surface area contributed by atoms with E-state index >= 15 is 0 Å². The Kier molecular flexibility index (Phi) is 0.483. The minimum Gasteiger partial charge on any atom is -0.0634 e. The molecular formula is C6H6Si. The Balaban J connectivity index is 2.65. The third-order valence-corrected chi connectivity index (χ3v) is 3.19. The van der Waals surface area contributed by atoms with E-state index in [-0.39, 0.29) is 9.52 Å². The Bertz CT molecular complexity index is 164. The third-order valence-electron chi connectivity index (χ3n) is 1.43. The van der Waals surface area contributed by atoms with Crippen LogP contribution in [0.4, 0.5) is 0 Å². The van der Waals surface area contributed by atoms with E-state index < -0.39 is 0 Å². The molecular weight excluding hydrogens is 100 g/mol. The number of hydrogen-bond acceptors (Lipinski definition) is 0. The van der Waals surface area contributed by atoms with Gasteiger partial charge in [-0.15, -0.1) is 0 Å². The fraction of sp³-hybridized carbons (Fsp3) is 0. The number of rotatable bonds is 0. The van der Waals surface area contributed by atoms with Crippen LogP contribution in [0, 0.1) is 0 Å². The number of hydrogen-bond donors (Lipinski definition) is 0. The van der Waals surface area contributed by atoms with Gasteiger partial charge in [0.25, 0.3) is 0 Å². The third kappa shape index (κ3) is 0.356. The van der Waals surface area contributed by atoms with E-state index in [1.54, 1.807) is 10.4 Å². The molecule has 0 aromatic heterocycles. The fourth-order valence-corrected chi connectivity index (χ4v) is 2.42. The zero-order valence-electron chi connectivity index (χ0n) is 4.02. The molecule has 7 heavy (non-hydrogen) atoms. The Labute approximate surface area is 45.1 Å². The first kappa shape index (κ1) is 3.44. The van der Waals surface area contributed by atoms with E-state index in [0.717, 1.165) is 0 Å². The van der Waals surface area contributed by atoms with Crippen molar-refractivity contribution in [2.24, 2.45) is 0 Å². The van der Waals surface area contributed by atoms with Gasteiger partial charge in [-0.3, -0.25) is 0 Å². The van der Waals surface area contributed by atoms with Crippen LogP contribution in [0.3, 0.4) is 0 Å². The molecule has 0 fully saturated rings. The first-order valence-corrected chi connectivity index (χ1v) is 3.94. The molecule has 1 heteroatoms. The van der Waals surface area contributed by atoms with Gasteiger partial charge in [0, 0.05) is 0 Å². The summed E-state index contributed by atoms with van der Waals surface area (Å²) in [6, 6.07) is 0. The van der Waals surface area contributed by atoms with Crippen LogP contribution in [0.25, 0.3) is 0 Å². The molecule has 0 spiro atoms. The maximum atomic E-state index is 2.24. The Morgan fingerprint density at radius 1 is 1.00 bits per heavy atom. The minimum atomic E-state index is 0.114. The lowest BCUT2D eigenvalue weighted by Gasteiger charge is -1.77. The maximum Gasteiger partial charge on any atom is 0.0875 e. The summed E-state index contributed by atoms with van der Waals surface area (Å²) in [5, 5.41) is 3.21. The van der Waals surface area contributed by atoms with Crippen molar-refractivity contribution < 1.29 is 0 Å². The average Bonchev–Trinajstić information content (AvgIpc) is 2.22. The van der Waals surface area contributed by atoms with Crippen LogP contribution in [-0.4, -0.2) is 9.52 Å². The van der Waals surface area contributed by atoms with E-state index in [1.165, 1.54) is 0 Å². The van der Waals surface area contributed by atoms with Crippen LogP contribution in [0.5, 0.6) is 0 Å². The molecule has 2 heterocycles.